The summed E-state index contributed by atoms with van der Waals surface area (Å²) in [5.74, 6) is -0.312. The Bertz CT molecular complexity index is 703. The van der Waals surface area contributed by atoms with E-state index in [0.29, 0.717) is 6.42 Å². The van der Waals surface area contributed by atoms with Gasteiger partial charge in [-0.15, -0.1) is 0 Å². The fourth-order valence-corrected chi connectivity index (χ4v) is 2.85. The molecule has 0 heterocycles. The molecule has 1 rings (SSSR count). The van der Waals surface area contributed by atoms with Crippen LogP contribution in [0.15, 0.2) is 29.2 Å². The number of ether oxygens (including phenoxy) is 3. The molecule has 10 heteroatoms. The summed E-state index contributed by atoms with van der Waals surface area (Å²) in [6.07, 6.45) is 7.08. The molecule has 0 unspecified atom stereocenters. The van der Waals surface area contributed by atoms with E-state index >= 15 is 0 Å². The normalized spacial score (nSPS) is 10.7. The molecule has 0 saturated carbocycles. The fourth-order valence-electron chi connectivity index (χ4n) is 2.38. The van der Waals surface area contributed by atoms with Crippen molar-refractivity contribution in [2.75, 3.05) is 13.2 Å². The van der Waals surface area contributed by atoms with Gasteiger partial charge in [-0.05, 0) is 30.7 Å². The molecule has 8 nitrogen and oxygen atoms in total. The van der Waals surface area contributed by atoms with Crippen LogP contribution >= 0.6 is 0 Å². The molecule has 0 aliphatic heterocycles. The third kappa shape index (κ3) is 13.7. The first kappa shape index (κ1) is 27.9. The third-order valence-corrected chi connectivity index (χ3v) is 4.71. The molecule has 0 amide bonds. The number of hydrogen-bond donors (Lipinski definition) is 0. The number of rotatable bonds is 13. The molecule has 0 radical (unpaired) electrons. The van der Waals surface area contributed by atoms with E-state index in [2.05, 4.69) is 6.92 Å². The van der Waals surface area contributed by atoms with Crippen molar-refractivity contribution < 1.29 is 66.3 Å². The van der Waals surface area contributed by atoms with Crippen LogP contribution in [0.1, 0.15) is 58.3 Å². The molecule has 29 heavy (non-hydrogen) atoms. The Morgan fingerprint density at radius 2 is 1.45 bits per heavy atom. The van der Waals surface area contributed by atoms with Gasteiger partial charge < -0.3 is 18.8 Å². The van der Waals surface area contributed by atoms with Gasteiger partial charge >= 0.3 is 41.7 Å². The number of unbranched alkanes of at least 4 members (excludes halogenated alkanes) is 6. The largest absolute Gasteiger partial charge is 1.00 e. The van der Waals surface area contributed by atoms with Gasteiger partial charge in [0.05, 0.1) is 4.90 Å². The van der Waals surface area contributed by atoms with Crippen molar-refractivity contribution in [2.45, 2.75) is 63.2 Å². The number of esters is 1. The summed E-state index contributed by atoms with van der Waals surface area (Å²) in [6, 6.07) is 4.37. The zero-order valence-electron chi connectivity index (χ0n) is 17.1. The van der Waals surface area contributed by atoms with Crippen LogP contribution in [0.3, 0.4) is 0 Å². The first-order valence-electron chi connectivity index (χ1n) is 9.39. The summed E-state index contributed by atoms with van der Waals surface area (Å²) < 4.78 is 46.9. The van der Waals surface area contributed by atoms with E-state index in [0.717, 1.165) is 43.5 Å². The predicted octanol–water partition coefficient (Wildman–Crippen LogP) is 0.794. The second kappa shape index (κ2) is 15.7. The fraction of sp³-hybridized carbons (Fsp3) is 0.579. The van der Waals surface area contributed by atoms with Crippen LogP contribution in [0.5, 0.6) is 5.75 Å². The molecule has 0 spiro atoms. The van der Waals surface area contributed by atoms with Gasteiger partial charge in [0.1, 0.15) is 29.1 Å². The van der Waals surface area contributed by atoms with E-state index in [1.807, 2.05) is 0 Å². The van der Waals surface area contributed by atoms with E-state index in [1.54, 1.807) is 0 Å². The quantitative estimate of drug-likeness (QED) is 0.146. The Labute approximate surface area is 194 Å². The molecule has 0 N–H and O–H groups in total. The Kier molecular flexibility index (Phi) is 15.1. The van der Waals surface area contributed by atoms with Gasteiger partial charge in [-0.3, -0.25) is 4.79 Å². The zero-order chi connectivity index (χ0) is 20.8. The topological polar surface area (TPSA) is 119 Å². The smallest absolute Gasteiger partial charge is 0.744 e. The average Bonchev–Trinajstić information content (AvgIpc) is 2.64. The molecule has 1 aromatic carbocycles. The third-order valence-electron chi connectivity index (χ3n) is 3.86. The number of carbonyl (C=O) groups is 2. The van der Waals surface area contributed by atoms with Crippen LogP contribution < -0.4 is 34.3 Å². The van der Waals surface area contributed by atoms with Crippen LogP contribution in [0.2, 0.25) is 0 Å². The molecular weight excluding hydrogens is 411 g/mol. The maximum Gasteiger partial charge on any atom is 1.00 e. The maximum atomic E-state index is 11.6. The maximum absolute atomic E-state index is 11.6. The molecule has 1 aromatic rings. The molecule has 0 saturated heterocycles. The molecular formula is C19H27NaO8S. The van der Waals surface area contributed by atoms with Crippen LogP contribution in [0, 0.1) is 0 Å². The molecule has 0 aliphatic carbocycles. The van der Waals surface area contributed by atoms with Crippen molar-refractivity contribution in [3.8, 4) is 5.75 Å². The summed E-state index contributed by atoms with van der Waals surface area (Å²) in [6.45, 7) is 1.94. The van der Waals surface area contributed by atoms with Crippen molar-refractivity contribution in [1.82, 2.24) is 0 Å². The summed E-state index contributed by atoms with van der Waals surface area (Å²) in [7, 11) is -4.56. The van der Waals surface area contributed by atoms with Crippen LogP contribution in [-0.2, 0) is 24.4 Å². The SMILES string of the molecule is CCCCCCCCCC(=O)OCCOC(=O)Oc1ccc(S(=O)(=O)[O-])cc1.[Na+]. The van der Waals surface area contributed by atoms with Gasteiger partial charge in [-0.1, -0.05) is 45.4 Å². The second-order valence-corrected chi connectivity index (χ2v) is 7.60. The van der Waals surface area contributed by atoms with Crippen LogP contribution in [0.25, 0.3) is 0 Å². The van der Waals surface area contributed by atoms with Crippen molar-refractivity contribution >= 4 is 22.2 Å². The van der Waals surface area contributed by atoms with Crippen molar-refractivity contribution in [2.24, 2.45) is 0 Å². The summed E-state index contributed by atoms with van der Waals surface area (Å²) in [5.41, 5.74) is 0. The minimum absolute atomic E-state index is 0. The number of benzene rings is 1. The van der Waals surface area contributed by atoms with E-state index < -0.39 is 21.2 Å². The Balaban J connectivity index is 0.00000784. The van der Waals surface area contributed by atoms with Gasteiger partial charge in [0.25, 0.3) is 0 Å². The summed E-state index contributed by atoms with van der Waals surface area (Å²) in [4.78, 5) is 22.6. The predicted molar refractivity (Wildman–Crippen MR) is 100.0 cm³/mol. The van der Waals surface area contributed by atoms with Gasteiger partial charge in [-0.25, -0.2) is 13.2 Å². The number of hydrogen-bond acceptors (Lipinski definition) is 8. The van der Waals surface area contributed by atoms with Gasteiger partial charge in [0.2, 0.25) is 0 Å². The average molecular weight is 438 g/mol. The Morgan fingerprint density at radius 3 is 2.03 bits per heavy atom. The zero-order valence-corrected chi connectivity index (χ0v) is 19.9. The molecule has 0 aliphatic rings. The Hall–Kier alpha value is -1.13. The monoisotopic (exact) mass is 438 g/mol. The molecule has 158 valence electrons. The van der Waals surface area contributed by atoms with Crippen molar-refractivity contribution in [3.05, 3.63) is 24.3 Å². The van der Waals surface area contributed by atoms with E-state index in [-0.39, 0.29) is 54.5 Å². The molecule has 0 bridgehead atoms. The van der Waals surface area contributed by atoms with Crippen LogP contribution in [0.4, 0.5) is 4.79 Å². The number of carbonyl (C=O) groups excluding carboxylic acids is 2. The van der Waals surface area contributed by atoms with Gasteiger partial charge in [0.15, 0.2) is 0 Å². The molecule has 0 fully saturated rings. The standard InChI is InChI=1S/C19H28O8S.Na/c1-2-3-4-5-6-7-8-9-18(20)25-14-15-26-19(21)27-16-10-12-17(13-11-16)28(22,23)24;/h10-13H,2-9,14-15H2,1H3,(H,22,23,24);/q;+1/p-1. The van der Waals surface area contributed by atoms with Crippen molar-refractivity contribution in [1.29, 1.82) is 0 Å². The van der Waals surface area contributed by atoms with Gasteiger partial charge in [-0.2, -0.15) is 0 Å². The molecule has 0 atom stereocenters. The Morgan fingerprint density at radius 1 is 0.897 bits per heavy atom. The first-order valence-corrected chi connectivity index (χ1v) is 10.8. The van der Waals surface area contributed by atoms with Gasteiger partial charge in [0, 0.05) is 6.42 Å². The van der Waals surface area contributed by atoms with Crippen molar-refractivity contribution in [3.63, 3.8) is 0 Å². The minimum atomic E-state index is -4.56. The summed E-state index contributed by atoms with van der Waals surface area (Å²) in [5, 5.41) is 0. The van der Waals surface area contributed by atoms with E-state index in [9.17, 15) is 22.6 Å². The second-order valence-electron chi connectivity index (χ2n) is 6.22. The van der Waals surface area contributed by atoms with E-state index in [1.165, 1.54) is 25.7 Å². The minimum Gasteiger partial charge on any atom is -0.744 e. The summed E-state index contributed by atoms with van der Waals surface area (Å²) >= 11 is 0. The van der Waals surface area contributed by atoms with E-state index in [4.69, 9.17) is 14.2 Å². The van der Waals surface area contributed by atoms with Crippen LogP contribution in [-0.4, -0.2) is 38.3 Å². The molecule has 0 aromatic heterocycles. The first-order chi connectivity index (χ1) is 13.3.